The van der Waals surface area contributed by atoms with E-state index in [1.54, 1.807) is 13.1 Å². The van der Waals surface area contributed by atoms with Crippen LogP contribution in [0.4, 0.5) is 10.8 Å². The summed E-state index contributed by atoms with van der Waals surface area (Å²) in [5, 5.41) is 4.99. The van der Waals surface area contributed by atoms with Gasteiger partial charge in [0, 0.05) is 6.54 Å². The SMILES string of the molecule is CCNC(=O)Nc1ncc(C)o1. The molecule has 0 spiro atoms. The summed E-state index contributed by atoms with van der Waals surface area (Å²) in [5.41, 5.74) is 0. The van der Waals surface area contributed by atoms with Gasteiger partial charge in [-0.05, 0) is 13.8 Å². The van der Waals surface area contributed by atoms with Crippen molar-refractivity contribution in [2.24, 2.45) is 0 Å². The maximum atomic E-state index is 10.9. The van der Waals surface area contributed by atoms with Gasteiger partial charge in [-0.25, -0.2) is 9.78 Å². The number of nitrogens with one attached hydrogen (secondary N) is 2. The number of aryl methyl sites for hydroxylation is 1. The molecule has 5 heteroatoms. The van der Waals surface area contributed by atoms with Gasteiger partial charge in [-0.15, -0.1) is 0 Å². The Labute approximate surface area is 70.2 Å². The Morgan fingerprint density at radius 1 is 1.75 bits per heavy atom. The van der Waals surface area contributed by atoms with E-state index in [0.29, 0.717) is 12.3 Å². The molecule has 0 aromatic carbocycles. The first-order valence-corrected chi connectivity index (χ1v) is 3.69. The molecule has 0 fully saturated rings. The highest BCUT2D eigenvalue weighted by molar-refractivity contribution is 5.86. The predicted octanol–water partition coefficient (Wildman–Crippen LogP) is 1.12. The second kappa shape index (κ2) is 3.75. The molecule has 1 aromatic heterocycles. The molecular weight excluding hydrogens is 158 g/mol. The average Bonchev–Trinajstić information content (AvgIpc) is 2.36. The molecule has 2 N–H and O–H groups in total. The zero-order valence-corrected chi connectivity index (χ0v) is 7.05. The van der Waals surface area contributed by atoms with Crippen molar-refractivity contribution < 1.29 is 9.21 Å². The Morgan fingerprint density at radius 2 is 2.50 bits per heavy atom. The summed E-state index contributed by atoms with van der Waals surface area (Å²) < 4.78 is 5.02. The summed E-state index contributed by atoms with van der Waals surface area (Å²) >= 11 is 0. The summed E-state index contributed by atoms with van der Waals surface area (Å²) in [5.74, 6) is 0.668. The lowest BCUT2D eigenvalue weighted by Gasteiger charge is -1.99. The summed E-state index contributed by atoms with van der Waals surface area (Å²) in [6, 6.07) is -0.0854. The Morgan fingerprint density at radius 3 is 3.00 bits per heavy atom. The fraction of sp³-hybridized carbons (Fsp3) is 0.429. The van der Waals surface area contributed by atoms with Crippen LogP contribution in [0.3, 0.4) is 0 Å². The molecule has 0 saturated heterocycles. The molecule has 1 rings (SSSR count). The topological polar surface area (TPSA) is 67.2 Å². The van der Waals surface area contributed by atoms with Gasteiger partial charge in [0.1, 0.15) is 5.76 Å². The number of amides is 2. The minimum absolute atomic E-state index is 0.221. The van der Waals surface area contributed by atoms with Crippen LogP contribution in [0.15, 0.2) is 10.6 Å². The standard InChI is InChI=1S/C7H11N3O2/c1-3-8-6(11)10-7-9-4-5(2)12-7/h4H,3H2,1-2H3,(H2,8,9,10,11). The van der Waals surface area contributed by atoms with E-state index in [2.05, 4.69) is 15.6 Å². The zero-order chi connectivity index (χ0) is 8.97. The molecule has 12 heavy (non-hydrogen) atoms. The van der Waals surface area contributed by atoms with Gasteiger partial charge in [-0.2, -0.15) is 0 Å². The van der Waals surface area contributed by atoms with Gasteiger partial charge in [0.15, 0.2) is 0 Å². The van der Waals surface area contributed by atoms with Crippen molar-refractivity contribution >= 4 is 12.0 Å². The largest absolute Gasteiger partial charge is 0.429 e. The second-order valence-corrected chi connectivity index (χ2v) is 2.26. The Hall–Kier alpha value is -1.52. The van der Waals surface area contributed by atoms with Crippen molar-refractivity contribution in [3.05, 3.63) is 12.0 Å². The molecule has 0 saturated carbocycles. The van der Waals surface area contributed by atoms with Crippen LogP contribution < -0.4 is 10.6 Å². The first-order chi connectivity index (χ1) is 5.72. The van der Waals surface area contributed by atoms with Crippen molar-refractivity contribution in [1.82, 2.24) is 10.3 Å². The predicted molar refractivity (Wildman–Crippen MR) is 43.9 cm³/mol. The Kier molecular flexibility index (Phi) is 2.68. The smallest absolute Gasteiger partial charge is 0.322 e. The van der Waals surface area contributed by atoms with Crippen molar-refractivity contribution in [3.63, 3.8) is 0 Å². The molecule has 0 radical (unpaired) electrons. The molecular formula is C7H11N3O2. The van der Waals surface area contributed by atoms with E-state index < -0.39 is 0 Å². The Balaban J connectivity index is 2.46. The van der Waals surface area contributed by atoms with Crippen LogP contribution in [0, 0.1) is 6.92 Å². The molecule has 5 nitrogen and oxygen atoms in total. The van der Waals surface area contributed by atoms with Crippen LogP contribution in [-0.2, 0) is 0 Å². The number of aromatic nitrogens is 1. The third-order valence-electron chi connectivity index (χ3n) is 1.18. The van der Waals surface area contributed by atoms with Gasteiger partial charge < -0.3 is 9.73 Å². The second-order valence-electron chi connectivity index (χ2n) is 2.26. The number of anilines is 1. The van der Waals surface area contributed by atoms with E-state index >= 15 is 0 Å². The van der Waals surface area contributed by atoms with E-state index in [4.69, 9.17) is 4.42 Å². The number of oxazole rings is 1. The van der Waals surface area contributed by atoms with Crippen LogP contribution in [0.2, 0.25) is 0 Å². The van der Waals surface area contributed by atoms with E-state index in [0.717, 1.165) is 0 Å². The Bertz CT molecular complexity index is 269. The fourth-order valence-electron chi connectivity index (χ4n) is 0.714. The quantitative estimate of drug-likeness (QED) is 0.697. The first kappa shape index (κ1) is 8.58. The molecule has 1 heterocycles. The van der Waals surface area contributed by atoms with Crippen LogP contribution in [-0.4, -0.2) is 17.6 Å². The van der Waals surface area contributed by atoms with Crippen molar-refractivity contribution in [1.29, 1.82) is 0 Å². The summed E-state index contributed by atoms with van der Waals surface area (Å²) in [7, 11) is 0. The number of carbonyl (C=O) groups is 1. The molecule has 0 atom stereocenters. The van der Waals surface area contributed by atoms with E-state index in [-0.39, 0.29) is 12.0 Å². The van der Waals surface area contributed by atoms with Gasteiger partial charge in [0.25, 0.3) is 0 Å². The monoisotopic (exact) mass is 169 g/mol. The third kappa shape index (κ3) is 2.26. The van der Waals surface area contributed by atoms with Crippen molar-refractivity contribution in [3.8, 4) is 0 Å². The van der Waals surface area contributed by atoms with Gasteiger partial charge in [-0.1, -0.05) is 0 Å². The van der Waals surface area contributed by atoms with Gasteiger partial charge in [0.2, 0.25) is 0 Å². The lowest BCUT2D eigenvalue weighted by atomic mass is 10.6. The van der Waals surface area contributed by atoms with E-state index in [1.165, 1.54) is 0 Å². The fourth-order valence-corrected chi connectivity index (χ4v) is 0.714. The molecule has 66 valence electrons. The molecule has 0 aliphatic rings. The number of urea groups is 1. The highest BCUT2D eigenvalue weighted by atomic mass is 16.4. The van der Waals surface area contributed by atoms with Crippen LogP contribution >= 0.6 is 0 Å². The minimum atomic E-state index is -0.306. The number of hydrogen-bond donors (Lipinski definition) is 2. The number of carbonyl (C=O) groups excluding carboxylic acids is 1. The van der Waals surface area contributed by atoms with Gasteiger partial charge in [0.05, 0.1) is 6.20 Å². The molecule has 0 aliphatic carbocycles. The average molecular weight is 169 g/mol. The summed E-state index contributed by atoms with van der Waals surface area (Å²) in [4.78, 5) is 14.7. The maximum absolute atomic E-state index is 10.9. The van der Waals surface area contributed by atoms with Crippen molar-refractivity contribution in [2.45, 2.75) is 13.8 Å². The minimum Gasteiger partial charge on any atom is -0.429 e. The molecule has 2 amide bonds. The molecule has 0 unspecified atom stereocenters. The van der Waals surface area contributed by atoms with E-state index in [1.807, 2.05) is 6.92 Å². The van der Waals surface area contributed by atoms with Crippen molar-refractivity contribution in [2.75, 3.05) is 11.9 Å². The highest BCUT2D eigenvalue weighted by Gasteiger charge is 2.03. The normalized spacial score (nSPS) is 9.50. The summed E-state index contributed by atoms with van der Waals surface area (Å²) in [6.45, 7) is 4.17. The molecule has 0 aliphatic heterocycles. The third-order valence-corrected chi connectivity index (χ3v) is 1.18. The maximum Gasteiger partial charge on any atom is 0.322 e. The lowest BCUT2D eigenvalue weighted by Crippen LogP contribution is -2.28. The number of rotatable bonds is 2. The molecule has 1 aromatic rings. The zero-order valence-electron chi connectivity index (χ0n) is 7.05. The lowest BCUT2D eigenvalue weighted by molar-refractivity contribution is 0.252. The van der Waals surface area contributed by atoms with Gasteiger partial charge in [-0.3, -0.25) is 5.32 Å². The molecule has 0 bridgehead atoms. The van der Waals surface area contributed by atoms with E-state index in [9.17, 15) is 4.79 Å². The van der Waals surface area contributed by atoms with Gasteiger partial charge >= 0.3 is 12.0 Å². The van der Waals surface area contributed by atoms with Crippen LogP contribution in [0.5, 0.6) is 0 Å². The number of nitrogens with zero attached hydrogens (tertiary/aromatic N) is 1. The van der Waals surface area contributed by atoms with Crippen LogP contribution in [0.1, 0.15) is 12.7 Å². The first-order valence-electron chi connectivity index (χ1n) is 3.69. The summed E-state index contributed by atoms with van der Waals surface area (Å²) in [6.07, 6.45) is 1.54. The highest BCUT2D eigenvalue weighted by Crippen LogP contribution is 2.05. The number of hydrogen-bond acceptors (Lipinski definition) is 3. The van der Waals surface area contributed by atoms with Crippen LogP contribution in [0.25, 0.3) is 0 Å².